The van der Waals surface area contributed by atoms with E-state index in [0.717, 1.165) is 25.1 Å². The topological polar surface area (TPSA) is 72.1 Å². The zero-order chi connectivity index (χ0) is 12.3. The first-order valence-electron chi connectivity index (χ1n) is 6.03. The molecule has 5 heteroatoms. The molecule has 0 spiro atoms. The first-order valence-corrected chi connectivity index (χ1v) is 6.03. The Labute approximate surface area is 101 Å². The summed E-state index contributed by atoms with van der Waals surface area (Å²) in [6.07, 6.45) is 6.09. The molecule has 2 heterocycles. The zero-order valence-corrected chi connectivity index (χ0v) is 10.1. The third kappa shape index (κ3) is 2.93. The van der Waals surface area contributed by atoms with Crippen LogP contribution < -0.4 is 5.73 Å². The molecule has 1 aromatic heterocycles. The van der Waals surface area contributed by atoms with Crippen molar-refractivity contribution in [3.63, 3.8) is 0 Å². The van der Waals surface area contributed by atoms with Crippen LogP contribution >= 0.6 is 0 Å². The molecule has 1 aliphatic rings. The van der Waals surface area contributed by atoms with Gasteiger partial charge in [-0.1, -0.05) is 13.3 Å². The molecule has 2 N–H and O–H groups in total. The van der Waals surface area contributed by atoms with Crippen molar-refractivity contribution in [3.05, 3.63) is 18.1 Å². The molecule has 1 atom stereocenters. The molecule has 0 bridgehead atoms. The molecule has 1 aliphatic heterocycles. The van der Waals surface area contributed by atoms with E-state index in [1.54, 1.807) is 6.20 Å². The van der Waals surface area contributed by atoms with Crippen molar-refractivity contribution in [3.8, 4) is 0 Å². The molecule has 0 saturated carbocycles. The number of amides is 1. The van der Waals surface area contributed by atoms with Gasteiger partial charge in [0.2, 0.25) is 5.91 Å². The fourth-order valence-corrected chi connectivity index (χ4v) is 2.25. The third-order valence-corrected chi connectivity index (χ3v) is 3.07. The highest BCUT2D eigenvalue weighted by Gasteiger charge is 2.28. The second kappa shape index (κ2) is 5.12. The second-order valence-electron chi connectivity index (χ2n) is 4.57. The lowest BCUT2D eigenvalue weighted by Gasteiger charge is -2.15. The third-order valence-electron chi connectivity index (χ3n) is 3.07. The first kappa shape index (κ1) is 11.8. The summed E-state index contributed by atoms with van der Waals surface area (Å²) < 4.78 is 0. The number of carbonyl (C=O) groups is 1. The normalized spacial score (nSPS) is 19.9. The van der Waals surface area contributed by atoms with Gasteiger partial charge in [-0.25, -0.2) is 4.98 Å². The number of anilines is 1. The molecule has 5 nitrogen and oxygen atoms in total. The molecule has 1 amide bonds. The Morgan fingerprint density at radius 2 is 2.29 bits per heavy atom. The van der Waals surface area contributed by atoms with Gasteiger partial charge in [0.25, 0.3) is 0 Å². The van der Waals surface area contributed by atoms with Crippen molar-refractivity contribution in [2.45, 2.75) is 32.7 Å². The van der Waals surface area contributed by atoms with Crippen molar-refractivity contribution >= 4 is 11.7 Å². The van der Waals surface area contributed by atoms with Gasteiger partial charge in [0.05, 0.1) is 24.6 Å². The van der Waals surface area contributed by atoms with Crippen LogP contribution in [-0.2, 0) is 11.3 Å². The van der Waals surface area contributed by atoms with Gasteiger partial charge in [0.1, 0.15) is 5.82 Å². The minimum atomic E-state index is 0.224. The van der Waals surface area contributed by atoms with Crippen LogP contribution in [0.3, 0.4) is 0 Å². The minimum absolute atomic E-state index is 0.224. The average molecular weight is 234 g/mol. The Kier molecular flexibility index (Phi) is 3.56. The highest BCUT2D eigenvalue weighted by atomic mass is 16.2. The van der Waals surface area contributed by atoms with E-state index in [1.165, 1.54) is 6.20 Å². The number of likely N-dealkylation sites (tertiary alicyclic amines) is 1. The lowest BCUT2D eigenvalue weighted by Crippen LogP contribution is -2.25. The predicted octanol–water partition coefficient (Wildman–Crippen LogP) is 1.21. The van der Waals surface area contributed by atoms with E-state index >= 15 is 0 Å². The summed E-state index contributed by atoms with van der Waals surface area (Å²) in [4.78, 5) is 21.8. The maximum absolute atomic E-state index is 11.8. The monoisotopic (exact) mass is 234 g/mol. The molecule has 1 aromatic rings. The highest BCUT2D eigenvalue weighted by Crippen LogP contribution is 2.23. The SMILES string of the molecule is CCCC1CC(=O)N(Cc2cnc(N)cn2)C1. The van der Waals surface area contributed by atoms with Gasteiger partial charge >= 0.3 is 0 Å². The van der Waals surface area contributed by atoms with Crippen LogP contribution in [0, 0.1) is 5.92 Å². The van der Waals surface area contributed by atoms with Crippen LogP contribution in [0.5, 0.6) is 0 Å². The number of nitrogens with two attached hydrogens (primary N) is 1. The Bertz CT molecular complexity index is 390. The summed E-state index contributed by atoms with van der Waals surface area (Å²) in [7, 11) is 0. The maximum Gasteiger partial charge on any atom is 0.223 e. The predicted molar refractivity (Wildman–Crippen MR) is 64.9 cm³/mol. The van der Waals surface area contributed by atoms with E-state index in [4.69, 9.17) is 5.73 Å². The van der Waals surface area contributed by atoms with Crippen molar-refractivity contribution in [1.29, 1.82) is 0 Å². The molecule has 1 saturated heterocycles. The summed E-state index contributed by atoms with van der Waals surface area (Å²) >= 11 is 0. The van der Waals surface area contributed by atoms with Crippen LogP contribution in [0.15, 0.2) is 12.4 Å². The number of rotatable bonds is 4. The summed E-state index contributed by atoms with van der Waals surface area (Å²) in [5.41, 5.74) is 6.27. The number of hydrogen-bond donors (Lipinski definition) is 1. The molecule has 2 rings (SSSR count). The van der Waals surface area contributed by atoms with Crippen molar-refractivity contribution in [2.24, 2.45) is 5.92 Å². The summed E-state index contributed by atoms with van der Waals surface area (Å²) in [6, 6.07) is 0. The number of nitrogen functional groups attached to an aromatic ring is 1. The molecular weight excluding hydrogens is 216 g/mol. The van der Waals surface area contributed by atoms with Crippen molar-refractivity contribution in [2.75, 3.05) is 12.3 Å². The van der Waals surface area contributed by atoms with Gasteiger partial charge < -0.3 is 10.6 Å². The maximum atomic E-state index is 11.8. The van der Waals surface area contributed by atoms with E-state index in [0.29, 0.717) is 24.7 Å². The number of nitrogens with zero attached hydrogens (tertiary/aromatic N) is 3. The quantitative estimate of drug-likeness (QED) is 0.849. The fraction of sp³-hybridized carbons (Fsp3) is 0.583. The van der Waals surface area contributed by atoms with E-state index in [-0.39, 0.29) is 5.91 Å². The Hall–Kier alpha value is -1.65. The molecular formula is C12H18N4O. The highest BCUT2D eigenvalue weighted by molar-refractivity contribution is 5.78. The van der Waals surface area contributed by atoms with Gasteiger partial charge in [-0.15, -0.1) is 0 Å². The van der Waals surface area contributed by atoms with Crippen LogP contribution in [0.2, 0.25) is 0 Å². The molecule has 1 unspecified atom stereocenters. The van der Waals surface area contributed by atoms with Gasteiger partial charge in [0, 0.05) is 13.0 Å². The standard InChI is InChI=1S/C12H18N4O/c1-2-3-9-4-12(17)16(7-9)8-10-5-15-11(13)6-14-10/h5-6,9H,2-4,7-8H2,1H3,(H2,13,15). The van der Waals surface area contributed by atoms with Gasteiger partial charge in [-0.2, -0.15) is 0 Å². The smallest absolute Gasteiger partial charge is 0.223 e. The Morgan fingerprint density at radius 1 is 1.47 bits per heavy atom. The van der Waals surface area contributed by atoms with Crippen molar-refractivity contribution < 1.29 is 4.79 Å². The second-order valence-corrected chi connectivity index (χ2v) is 4.57. The number of aromatic nitrogens is 2. The Balaban J connectivity index is 1.95. The molecule has 17 heavy (non-hydrogen) atoms. The van der Waals surface area contributed by atoms with E-state index in [2.05, 4.69) is 16.9 Å². The van der Waals surface area contributed by atoms with E-state index < -0.39 is 0 Å². The number of carbonyl (C=O) groups excluding carboxylic acids is 1. The number of hydrogen-bond acceptors (Lipinski definition) is 4. The fourth-order valence-electron chi connectivity index (χ4n) is 2.25. The molecule has 0 aromatic carbocycles. The molecule has 1 fully saturated rings. The van der Waals surface area contributed by atoms with Crippen LogP contribution in [0.25, 0.3) is 0 Å². The molecule has 0 radical (unpaired) electrons. The largest absolute Gasteiger partial charge is 0.382 e. The van der Waals surface area contributed by atoms with Gasteiger partial charge in [-0.3, -0.25) is 9.78 Å². The zero-order valence-electron chi connectivity index (χ0n) is 10.1. The van der Waals surface area contributed by atoms with Gasteiger partial charge in [-0.05, 0) is 12.3 Å². The summed E-state index contributed by atoms with van der Waals surface area (Å²) in [5, 5.41) is 0. The van der Waals surface area contributed by atoms with Crippen LogP contribution in [-0.4, -0.2) is 27.3 Å². The first-order chi connectivity index (χ1) is 8.19. The van der Waals surface area contributed by atoms with E-state index in [1.807, 2.05) is 4.90 Å². The van der Waals surface area contributed by atoms with Crippen LogP contribution in [0.1, 0.15) is 31.9 Å². The summed E-state index contributed by atoms with van der Waals surface area (Å²) in [6.45, 7) is 3.55. The lowest BCUT2D eigenvalue weighted by molar-refractivity contribution is -0.128. The average Bonchev–Trinajstić information content (AvgIpc) is 2.63. The summed E-state index contributed by atoms with van der Waals surface area (Å²) in [5.74, 6) is 1.14. The van der Waals surface area contributed by atoms with Crippen molar-refractivity contribution in [1.82, 2.24) is 14.9 Å². The van der Waals surface area contributed by atoms with Crippen LogP contribution in [0.4, 0.5) is 5.82 Å². The van der Waals surface area contributed by atoms with E-state index in [9.17, 15) is 4.79 Å². The lowest BCUT2D eigenvalue weighted by atomic mass is 10.0. The molecule has 0 aliphatic carbocycles. The molecule has 92 valence electrons. The Morgan fingerprint density at radius 3 is 2.94 bits per heavy atom. The van der Waals surface area contributed by atoms with Gasteiger partial charge in [0.15, 0.2) is 0 Å². The minimum Gasteiger partial charge on any atom is -0.382 e.